The molecule has 0 unspecified atom stereocenters. The normalized spacial score (nSPS) is 15.1. The molecule has 3 N–H and O–H groups in total. The highest BCUT2D eigenvalue weighted by Gasteiger charge is 2.46. The number of benzene rings is 2. The molecule has 14 heteroatoms. The van der Waals surface area contributed by atoms with Gasteiger partial charge in [0.05, 0.1) is 64.9 Å². The van der Waals surface area contributed by atoms with Gasteiger partial charge in [0.2, 0.25) is 11.8 Å². The fraction of sp³-hybridized carbons (Fsp3) is 0.250. The topological polar surface area (TPSA) is 190 Å². The zero-order chi connectivity index (χ0) is 38.4. The fourth-order valence-electron chi connectivity index (χ4n) is 6.57. The number of aliphatic hydroxyl groups excluding tert-OH is 1. The van der Waals surface area contributed by atoms with Crippen molar-refractivity contribution in [3.63, 3.8) is 0 Å². The van der Waals surface area contributed by atoms with E-state index in [1.54, 1.807) is 59.4 Å². The Hall–Kier alpha value is -6.38. The number of amides is 2. The molecule has 0 atom stereocenters. The van der Waals surface area contributed by atoms with E-state index in [0.717, 1.165) is 50.6 Å². The molecule has 8 rings (SSSR count). The molecule has 2 aliphatic heterocycles. The first-order valence-corrected chi connectivity index (χ1v) is 17.3. The van der Waals surface area contributed by atoms with Crippen LogP contribution in [0.1, 0.15) is 62.1 Å². The number of aliphatic hydroxyl groups is 1. The molecule has 272 valence electrons. The quantitative estimate of drug-likeness (QED) is 0.225. The Labute approximate surface area is 312 Å². The van der Waals surface area contributed by atoms with Gasteiger partial charge in [-0.2, -0.15) is 0 Å². The number of rotatable bonds is 6. The number of aryl methyl sites for hydroxylation is 2. The summed E-state index contributed by atoms with van der Waals surface area (Å²) >= 11 is 0. The second kappa shape index (κ2) is 13.9. The van der Waals surface area contributed by atoms with Gasteiger partial charge in [0.1, 0.15) is 24.1 Å². The zero-order valence-corrected chi connectivity index (χ0v) is 30.8. The van der Waals surface area contributed by atoms with Crippen LogP contribution in [-0.2, 0) is 33.6 Å². The van der Waals surface area contributed by atoms with Crippen LogP contribution in [0.3, 0.4) is 0 Å². The monoisotopic (exact) mass is 721 g/mol. The van der Waals surface area contributed by atoms with Crippen LogP contribution < -0.4 is 15.5 Å². The number of aromatic nitrogens is 8. The van der Waals surface area contributed by atoms with Gasteiger partial charge in [-0.3, -0.25) is 19.4 Å². The van der Waals surface area contributed by atoms with Crippen LogP contribution in [0.4, 0.5) is 22.7 Å². The van der Waals surface area contributed by atoms with Crippen LogP contribution in [0, 0.1) is 13.8 Å². The van der Waals surface area contributed by atoms with E-state index in [9.17, 15) is 9.59 Å². The molecular weight excluding hydrogens is 683 g/mol. The number of nitrogens with zero attached hydrogens (tertiary/aromatic N) is 10. The molecule has 0 saturated heterocycles. The molecule has 2 aliphatic rings. The second-order valence-electron chi connectivity index (χ2n) is 14.1. The maximum atomic E-state index is 13.2. The first-order valence-electron chi connectivity index (χ1n) is 17.3. The number of anilines is 4. The van der Waals surface area contributed by atoms with Crippen molar-refractivity contribution in [2.45, 2.75) is 65.5 Å². The average molecular weight is 722 g/mol. The third kappa shape index (κ3) is 6.35. The van der Waals surface area contributed by atoms with Gasteiger partial charge in [-0.05, 0) is 75.9 Å². The van der Waals surface area contributed by atoms with E-state index in [2.05, 4.69) is 39.9 Å². The molecule has 54 heavy (non-hydrogen) atoms. The van der Waals surface area contributed by atoms with Gasteiger partial charge in [0.25, 0.3) is 0 Å². The average Bonchev–Trinajstić information content (AvgIpc) is 3.51. The fourth-order valence-corrected chi connectivity index (χ4v) is 6.57. The van der Waals surface area contributed by atoms with Gasteiger partial charge >= 0.3 is 0 Å². The Bertz CT molecular complexity index is 2190. The lowest BCUT2D eigenvalue weighted by molar-refractivity contribution is -0.122. The number of carbonyl (C=O) groups excluding carboxylic acids is 2. The Morgan fingerprint density at radius 2 is 0.926 bits per heavy atom. The number of carbonyl (C=O) groups is 2. The Kier molecular flexibility index (Phi) is 9.25. The molecule has 0 fully saturated rings. The van der Waals surface area contributed by atoms with Gasteiger partial charge in [-0.25, -0.2) is 39.9 Å². The van der Waals surface area contributed by atoms with Crippen LogP contribution >= 0.6 is 0 Å². The number of nitrogens with two attached hydrogens (primary N) is 1. The molecular formula is C40H39N11O3. The minimum absolute atomic E-state index is 0.0149. The zero-order valence-electron chi connectivity index (χ0n) is 30.8. The van der Waals surface area contributed by atoms with Crippen molar-refractivity contribution in [3.05, 3.63) is 120 Å². The molecule has 2 amide bonds. The molecule has 0 bridgehead atoms. The summed E-state index contributed by atoms with van der Waals surface area (Å²) in [4.78, 5) is 63.3. The maximum absolute atomic E-state index is 13.2. The summed E-state index contributed by atoms with van der Waals surface area (Å²) in [7, 11) is 0. The van der Waals surface area contributed by atoms with Gasteiger partial charge in [0, 0.05) is 35.9 Å². The van der Waals surface area contributed by atoms with Crippen molar-refractivity contribution in [1.82, 2.24) is 39.9 Å². The highest BCUT2D eigenvalue weighted by molar-refractivity contribution is 6.13. The van der Waals surface area contributed by atoms with Crippen LogP contribution in [-0.4, -0.2) is 56.8 Å². The smallest absolute Gasteiger partial charge is 0.241 e. The minimum Gasteiger partial charge on any atom is -0.388 e. The predicted molar refractivity (Wildman–Crippen MR) is 203 cm³/mol. The highest BCUT2D eigenvalue weighted by Crippen LogP contribution is 2.48. The van der Waals surface area contributed by atoms with Crippen molar-refractivity contribution < 1.29 is 14.7 Å². The number of hydrogen-bond acceptors (Lipinski definition) is 12. The van der Waals surface area contributed by atoms with E-state index in [4.69, 9.17) is 10.8 Å². The van der Waals surface area contributed by atoms with Gasteiger partial charge in [0.15, 0.2) is 5.82 Å². The van der Waals surface area contributed by atoms with Crippen molar-refractivity contribution in [1.29, 1.82) is 0 Å². The third-order valence-corrected chi connectivity index (χ3v) is 9.75. The molecule has 0 spiro atoms. The lowest BCUT2D eigenvalue weighted by atomic mass is 9.85. The van der Waals surface area contributed by atoms with Gasteiger partial charge in [-0.1, -0.05) is 24.3 Å². The van der Waals surface area contributed by atoms with E-state index in [-0.39, 0.29) is 25.0 Å². The second-order valence-corrected chi connectivity index (χ2v) is 14.1. The van der Waals surface area contributed by atoms with Crippen molar-refractivity contribution in [3.8, 4) is 22.3 Å². The third-order valence-electron chi connectivity index (χ3n) is 9.75. The highest BCUT2D eigenvalue weighted by atomic mass is 16.3. The summed E-state index contributed by atoms with van der Waals surface area (Å²) in [5.41, 5.74) is 12.7. The largest absolute Gasteiger partial charge is 0.388 e. The number of hydrogen-bond donors (Lipinski definition) is 2. The molecule has 6 heterocycles. The van der Waals surface area contributed by atoms with Gasteiger partial charge in [-0.15, -0.1) is 0 Å². The lowest BCUT2D eigenvalue weighted by Gasteiger charge is -2.20. The summed E-state index contributed by atoms with van der Waals surface area (Å²) < 4.78 is 0. The SMILES string of the molecule is Cc1ncc(-c2ccc3c(c2)N(c2cnc(CN)nc2)C(=O)C3(C)C)cn1.Cc1ncc(-c2ccc3c(c2)N(c2cnc(CO)nc2)C(=O)C3(C)C)cn1. The van der Waals surface area contributed by atoms with Gasteiger partial charge < -0.3 is 10.8 Å². The molecule has 4 aromatic heterocycles. The molecule has 6 aromatic rings. The van der Waals surface area contributed by atoms with Crippen molar-refractivity contribution >= 4 is 34.6 Å². The Morgan fingerprint density at radius 3 is 1.28 bits per heavy atom. The first-order chi connectivity index (χ1) is 25.8. The molecule has 0 radical (unpaired) electrons. The van der Waals surface area contributed by atoms with E-state index >= 15 is 0 Å². The summed E-state index contributed by atoms with van der Waals surface area (Å²) in [6.07, 6.45) is 13.5. The summed E-state index contributed by atoms with van der Waals surface area (Å²) in [5, 5.41) is 9.15. The van der Waals surface area contributed by atoms with Crippen LogP contribution in [0.15, 0.2) is 86.0 Å². The summed E-state index contributed by atoms with van der Waals surface area (Å²) in [6, 6.07) is 11.9. The van der Waals surface area contributed by atoms with Crippen molar-refractivity contribution in [2.24, 2.45) is 5.73 Å². The summed E-state index contributed by atoms with van der Waals surface area (Å²) in [6.45, 7) is 11.4. The lowest BCUT2D eigenvalue weighted by Crippen LogP contribution is -2.33. The Balaban J connectivity index is 0.000000167. The standard InChI is InChI=1S/C20H20N6O.C20H19N5O2/c1-12-22-8-14(9-23-12)13-4-5-16-17(6-13)26(19(27)20(16,2)3)15-10-24-18(7-21)25-11-15;1-12-21-7-14(8-22-12)13-4-5-16-17(6-13)25(19(27)20(16,2)3)15-9-23-18(11-26)24-10-15/h4-6,8-11H,7,21H2,1-3H3;4-10,26H,11H2,1-3H3. The first kappa shape index (κ1) is 36.0. The van der Waals surface area contributed by atoms with E-state index in [1.807, 2.05) is 77.9 Å². The molecule has 2 aromatic carbocycles. The number of fused-ring (bicyclic) bond motifs is 2. The Morgan fingerprint density at radius 1 is 0.556 bits per heavy atom. The van der Waals surface area contributed by atoms with E-state index in [1.165, 1.54) is 0 Å². The van der Waals surface area contributed by atoms with E-state index < -0.39 is 10.8 Å². The molecule has 14 nitrogen and oxygen atoms in total. The summed E-state index contributed by atoms with van der Waals surface area (Å²) in [5.74, 6) is 2.22. The van der Waals surface area contributed by atoms with Crippen LogP contribution in [0.2, 0.25) is 0 Å². The minimum atomic E-state index is -0.659. The maximum Gasteiger partial charge on any atom is 0.241 e. The van der Waals surface area contributed by atoms with Crippen LogP contribution in [0.5, 0.6) is 0 Å². The van der Waals surface area contributed by atoms with E-state index in [0.29, 0.717) is 28.8 Å². The van der Waals surface area contributed by atoms with Crippen molar-refractivity contribution in [2.75, 3.05) is 9.80 Å². The van der Waals surface area contributed by atoms with Crippen LogP contribution in [0.25, 0.3) is 22.3 Å². The molecule has 0 saturated carbocycles. The predicted octanol–water partition coefficient (Wildman–Crippen LogP) is 5.35. The molecule has 0 aliphatic carbocycles.